The van der Waals surface area contributed by atoms with Crippen LogP contribution in [-0.2, 0) is 16.6 Å². The van der Waals surface area contributed by atoms with E-state index in [1.165, 1.54) is 0 Å². The van der Waals surface area contributed by atoms with Gasteiger partial charge in [0, 0.05) is 6.54 Å². The van der Waals surface area contributed by atoms with E-state index in [0.717, 1.165) is 41.2 Å². The maximum Gasteiger partial charge on any atom is 0.263 e. The normalized spacial score (nSPS) is 11.1. The van der Waals surface area contributed by atoms with E-state index in [-0.39, 0.29) is 22.5 Å². The highest BCUT2D eigenvalue weighted by atomic mass is 32.2. The van der Waals surface area contributed by atoms with Crippen LogP contribution in [0.3, 0.4) is 0 Å². The van der Waals surface area contributed by atoms with E-state index in [1.54, 1.807) is 20.1 Å². The number of methoxy groups -OCH3 is 1. The highest BCUT2D eigenvalue weighted by molar-refractivity contribution is 7.93. The molecule has 3 aromatic rings. The summed E-state index contributed by atoms with van der Waals surface area (Å²) in [6.07, 6.45) is 0. The smallest absolute Gasteiger partial charge is 0.263 e. The van der Waals surface area contributed by atoms with Gasteiger partial charge in [0.05, 0.1) is 17.7 Å². The number of halogens is 1. The van der Waals surface area contributed by atoms with Crippen molar-refractivity contribution < 1.29 is 22.3 Å². The average molecular weight is 436 g/mol. The Morgan fingerprint density at radius 3 is 2.62 bits per heavy atom. The van der Waals surface area contributed by atoms with Crippen molar-refractivity contribution in [2.24, 2.45) is 0 Å². The molecule has 1 amide bonds. The minimum Gasteiger partial charge on any atom is -0.497 e. The molecule has 0 saturated carbocycles. The van der Waals surface area contributed by atoms with E-state index in [2.05, 4.69) is 15.0 Å². The van der Waals surface area contributed by atoms with Crippen molar-refractivity contribution in [1.82, 2.24) is 10.3 Å². The van der Waals surface area contributed by atoms with Crippen LogP contribution in [0.2, 0.25) is 0 Å². The number of aromatic nitrogens is 1. The predicted octanol–water partition coefficient (Wildman–Crippen LogP) is 3.33. The van der Waals surface area contributed by atoms with Gasteiger partial charge >= 0.3 is 0 Å². The van der Waals surface area contributed by atoms with Crippen molar-refractivity contribution in [3.05, 3.63) is 70.5 Å². The molecule has 0 fully saturated rings. The molecule has 10 heteroatoms. The first-order valence-corrected chi connectivity index (χ1v) is 10.8. The number of hydrogen-bond acceptors (Lipinski definition) is 6. The number of sulfonamides is 1. The Balaban J connectivity index is 1.70. The maximum atomic E-state index is 13.0. The molecule has 0 aliphatic heterocycles. The summed E-state index contributed by atoms with van der Waals surface area (Å²) < 4.78 is 45.3. The van der Waals surface area contributed by atoms with Gasteiger partial charge in [0.1, 0.15) is 16.4 Å². The van der Waals surface area contributed by atoms with Crippen molar-refractivity contribution in [1.29, 1.82) is 0 Å². The molecule has 0 saturated heterocycles. The summed E-state index contributed by atoms with van der Waals surface area (Å²) in [5.74, 6) is -0.220. The second kappa shape index (κ2) is 8.58. The van der Waals surface area contributed by atoms with Crippen molar-refractivity contribution in [3.8, 4) is 5.75 Å². The third-order valence-corrected chi connectivity index (χ3v) is 6.49. The van der Waals surface area contributed by atoms with Crippen LogP contribution in [0.25, 0.3) is 0 Å². The first-order chi connectivity index (χ1) is 13.8. The van der Waals surface area contributed by atoms with E-state index in [9.17, 15) is 17.6 Å². The van der Waals surface area contributed by atoms with Gasteiger partial charge in [0.2, 0.25) is 0 Å². The van der Waals surface area contributed by atoms with Crippen molar-refractivity contribution in [2.45, 2.75) is 18.4 Å². The van der Waals surface area contributed by atoms with Gasteiger partial charge in [-0.1, -0.05) is 23.5 Å². The van der Waals surface area contributed by atoms with E-state index in [4.69, 9.17) is 4.74 Å². The Morgan fingerprint density at radius 2 is 1.93 bits per heavy atom. The quantitative estimate of drug-likeness (QED) is 0.593. The van der Waals surface area contributed by atoms with Crippen LogP contribution in [0.5, 0.6) is 5.75 Å². The minimum atomic E-state index is -3.94. The highest BCUT2D eigenvalue weighted by Gasteiger charge is 2.20. The highest BCUT2D eigenvalue weighted by Crippen LogP contribution is 2.25. The summed E-state index contributed by atoms with van der Waals surface area (Å²) in [5.41, 5.74) is 1.26. The summed E-state index contributed by atoms with van der Waals surface area (Å²) in [5, 5.41) is 2.83. The maximum absolute atomic E-state index is 13.0. The Morgan fingerprint density at radius 1 is 1.21 bits per heavy atom. The lowest BCUT2D eigenvalue weighted by atomic mass is 10.2. The number of aryl methyl sites for hydroxylation is 1. The lowest BCUT2D eigenvalue weighted by Gasteiger charge is -2.06. The Bertz CT molecular complexity index is 1130. The fraction of sp³-hybridized carbons (Fsp3) is 0.158. The molecule has 29 heavy (non-hydrogen) atoms. The number of nitrogens with zero attached hydrogens (tertiary/aromatic N) is 1. The molecular weight excluding hydrogens is 417 g/mol. The molecule has 3 rings (SSSR count). The van der Waals surface area contributed by atoms with Gasteiger partial charge in [-0.15, -0.1) is 0 Å². The zero-order valence-corrected chi connectivity index (χ0v) is 17.2. The lowest BCUT2D eigenvalue weighted by molar-refractivity contribution is 0.0954. The monoisotopic (exact) mass is 435 g/mol. The molecule has 0 bridgehead atoms. The number of nitrogens with one attached hydrogen (secondary N) is 2. The van der Waals surface area contributed by atoms with Crippen LogP contribution < -0.4 is 14.8 Å². The van der Waals surface area contributed by atoms with Crippen LogP contribution >= 0.6 is 11.3 Å². The number of benzene rings is 2. The molecule has 0 atom stereocenters. The number of hydrogen-bond donors (Lipinski definition) is 2. The summed E-state index contributed by atoms with van der Waals surface area (Å²) in [6.45, 7) is 1.90. The molecule has 0 aliphatic carbocycles. The molecule has 0 radical (unpaired) electrons. The molecule has 152 valence electrons. The first kappa shape index (κ1) is 20.7. The molecule has 0 unspecified atom stereocenters. The lowest BCUT2D eigenvalue weighted by Crippen LogP contribution is -2.22. The largest absolute Gasteiger partial charge is 0.497 e. The van der Waals surface area contributed by atoms with Gasteiger partial charge in [-0.3, -0.25) is 9.52 Å². The third kappa shape index (κ3) is 5.09. The molecule has 0 aliphatic rings. The van der Waals surface area contributed by atoms with E-state index < -0.39 is 15.8 Å². The molecule has 2 aromatic carbocycles. The standard InChI is InChI=1S/C19H18FN3O4S2/c1-12-17(18(24)21-11-13-4-3-5-15(10-13)27-2)28-19(22-12)23-29(25,26)16-8-6-14(20)7-9-16/h3-10H,11H2,1-2H3,(H,21,24)(H,22,23). The van der Waals surface area contributed by atoms with Crippen molar-refractivity contribution in [3.63, 3.8) is 0 Å². The number of rotatable bonds is 7. The zero-order chi connectivity index (χ0) is 21.0. The van der Waals surface area contributed by atoms with Gasteiger partial charge in [-0.25, -0.2) is 17.8 Å². The predicted molar refractivity (Wildman–Crippen MR) is 108 cm³/mol. The minimum absolute atomic E-state index is 0.0540. The Kier molecular flexibility index (Phi) is 6.14. The summed E-state index contributed by atoms with van der Waals surface area (Å²) in [4.78, 5) is 16.8. The number of thiazole rings is 1. The second-order valence-corrected chi connectivity index (χ2v) is 8.71. The molecule has 7 nitrogen and oxygen atoms in total. The summed E-state index contributed by atoms with van der Waals surface area (Å²) >= 11 is 0.923. The average Bonchev–Trinajstić information content (AvgIpc) is 3.06. The fourth-order valence-electron chi connectivity index (χ4n) is 2.48. The molecule has 2 N–H and O–H groups in total. The number of amides is 1. The number of anilines is 1. The van der Waals surface area contributed by atoms with Crippen LogP contribution in [0.4, 0.5) is 9.52 Å². The fourth-order valence-corrected chi connectivity index (χ4v) is 4.60. The number of ether oxygens (including phenoxy) is 1. The SMILES string of the molecule is COc1cccc(CNC(=O)c2sc(NS(=O)(=O)c3ccc(F)cc3)nc2C)c1. The van der Waals surface area contributed by atoms with Gasteiger partial charge in [0.25, 0.3) is 15.9 Å². The van der Waals surface area contributed by atoms with Gasteiger partial charge in [-0.2, -0.15) is 0 Å². The second-order valence-electron chi connectivity index (χ2n) is 6.03. The third-order valence-electron chi connectivity index (χ3n) is 3.94. The van der Waals surface area contributed by atoms with Gasteiger partial charge in [0.15, 0.2) is 5.13 Å². The molecule has 1 heterocycles. The Hall–Kier alpha value is -2.98. The van der Waals surface area contributed by atoms with Crippen LogP contribution in [0.1, 0.15) is 20.9 Å². The Labute approximate surface area is 171 Å². The molecule has 0 spiro atoms. The number of carbonyl (C=O) groups excluding carboxylic acids is 1. The van der Waals surface area contributed by atoms with Crippen molar-refractivity contribution in [2.75, 3.05) is 11.8 Å². The van der Waals surface area contributed by atoms with Gasteiger partial charge in [-0.05, 0) is 48.9 Å². The van der Waals surface area contributed by atoms with Crippen LogP contribution in [0, 0.1) is 12.7 Å². The molecular formula is C19H18FN3O4S2. The number of carbonyl (C=O) groups is 1. The van der Waals surface area contributed by atoms with E-state index >= 15 is 0 Å². The molecule has 1 aromatic heterocycles. The summed E-state index contributed by atoms with van der Waals surface area (Å²) in [6, 6.07) is 11.7. The van der Waals surface area contributed by atoms with Gasteiger partial charge < -0.3 is 10.1 Å². The first-order valence-electron chi connectivity index (χ1n) is 8.45. The zero-order valence-electron chi connectivity index (χ0n) is 15.6. The van der Waals surface area contributed by atoms with E-state index in [0.29, 0.717) is 16.3 Å². The summed E-state index contributed by atoms with van der Waals surface area (Å²) in [7, 11) is -2.37. The van der Waals surface area contributed by atoms with Crippen LogP contribution in [0.15, 0.2) is 53.4 Å². The topological polar surface area (TPSA) is 97.4 Å². The van der Waals surface area contributed by atoms with Crippen LogP contribution in [-0.4, -0.2) is 26.4 Å². The van der Waals surface area contributed by atoms with E-state index in [1.807, 2.05) is 18.2 Å². The van der Waals surface area contributed by atoms with Crippen molar-refractivity contribution >= 4 is 32.4 Å².